The Morgan fingerprint density at radius 2 is 2.10 bits per heavy atom. The number of halogens is 1. The SMILES string of the molecule is C=C/C=C\C(=C)n1ccnc1SCc1ccc(F)cc1. The number of rotatable bonds is 6. The molecular weight excluding hydrogens is 271 g/mol. The van der Waals surface area contributed by atoms with Crippen LogP contribution in [0.2, 0.25) is 0 Å². The van der Waals surface area contributed by atoms with E-state index in [1.54, 1.807) is 36.2 Å². The predicted octanol–water partition coefficient (Wildman–Crippen LogP) is 4.53. The van der Waals surface area contributed by atoms with Crippen molar-refractivity contribution in [2.75, 3.05) is 0 Å². The first-order chi connectivity index (χ1) is 9.70. The maximum atomic E-state index is 12.8. The highest BCUT2D eigenvalue weighted by atomic mass is 32.2. The minimum absolute atomic E-state index is 0.219. The summed E-state index contributed by atoms with van der Waals surface area (Å²) < 4.78 is 14.7. The molecule has 0 aliphatic heterocycles. The van der Waals surface area contributed by atoms with E-state index in [0.29, 0.717) is 0 Å². The van der Waals surface area contributed by atoms with Crippen LogP contribution < -0.4 is 0 Å². The van der Waals surface area contributed by atoms with Crippen molar-refractivity contribution in [2.45, 2.75) is 10.9 Å². The fourth-order valence-electron chi connectivity index (χ4n) is 1.60. The van der Waals surface area contributed by atoms with Crippen LogP contribution in [-0.4, -0.2) is 9.55 Å². The maximum Gasteiger partial charge on any atom is 0.172 e. The van der Waals surface area contributed by atoms with Gasteiger partial charge in [0.2, 0.25) is 0 Å². The first-order valence-electron chi connectivity index (χ1n) is 6.09. The number of imidazole rings is 1. The number of benzene rings is 1. The molecular formula is C16H15FN2S. The number of hydrogen-bond acceptors (Lipinski definition) is 2. The lowest BCUT2D eigenvalue weighted by Gasteiger charge is -2.07. The monoisotopic (exact) mass is 286 g/mol. The number of nitrogens with zero attached hydrogens (tertiary/aromatic N) is 2. The number of aromatic nitrogens is 2. The topological polar surface area (TPSA) is 17.8 Å². The van der Waals surface area contributed by atoms with Crippen molar-refractivity contribution < 1.29 is 4.39 Å². The third-order valence-electron chi connectivity index (χ3n) is 2.62. The molecule has 0 saturated heterocycles. The molecule has 0 bridgehead atoms. The number of hydrogen-bond donors (Lipinski definition) is 0. The van der Waals surface area contributed by atoms with Crippen LogP contribution in [0.3, 0.4) is 0 Å². The highest BCUT2D eigenvalue weighted by Crippen LogP contribution is 2.23. The third kappa shape index (κ3) is 3.71. The first-order valence-corrected chi connectivity index (χ1v) is 7.08. The molecule has 2 rings (SSSR count). The van der Waals surface area contributed by atoms with E-state index in [9.17, 15) is 4.39 Å². The average molecular weight is 286 g/mol. The van der Waals surface area contributed by atoms with Gasteiger partial charge in [0.15, 0.2) is 5.16 Å². The Labute approximate surface area is 122 Å². The normalized spacial score (nSPS) is 10.8. The molecule has 1 aromatic carbocycles. The van der Waals surface area contributed by atoms with Crippen molar-refractivity contribution in [1.82, 2.24) is 9.55 Å². The van der Waals surface area contributed by atoms with Crippen LogP contribution in [0.15, 0.2) is 73.2 Å². The molecule has 0 N–H and O–H groups in total. The van der Waals surface area contributed by atoms with E-state index in [1.807, 2.05) is 22.9 Å². The Kier molecular flexibility index (Phi) is 4.96. The Balaban J connectivity index is 2.05. The summed E-state index contributed by atoms with van der Waals surface area (Å²) in [5, 5.41) is 0.855. The lowest BCUT2D eigenvalue weighted by Crippen LogP contribution is -1.94. The molecule has 1 aromatic heterocycles. The molecule has 0 fully saturated rings. The summed E-state index contributed by atoms with van der Waals surface area (Å²) in [5.74, 6) is 0.513. The van der Waals surface area contributed by atoms with Crippen molar-refractivity contribution in [3.63, 3.8) is 0 Å². The average Bonchev–Trinajstić information content (AvgIpc) is 2.92. The number of allylic oxidation sites excluding steroid dienone is 4. The van der Waals surface area contributed by atoms with E-state index < -0.39 is 0 Å². The zero-order valence-corrected chi connectivity index (χ0v) is 11.8. The fourth-order valence-corrected chi connectivity index (χ4v) is 2.54. The molecule has 2 nitrogen and oxygen atoms in total. The van der Waals surface area contributed by atoms with Gasteiger partial charge >= 0.3 is 0 Å². The van der Waals surface area contributed by atoms with E-state index in [2.05, 4.69) is 18.1 Å². The summed E-state index contributed by atoms with van der Waals surface area (Å²) in [4.78, 5) is 4.31. The van der Waals surface area contributed by atoms with Crippen LogP contribution in [0.4, 0.5) is 4.39 Å². The van der Waals surface area contributed by atoms with Crippen molar-refractivity contribution in [1.29, 1.82) is 0 Å². The zero-order chi connectivity index (χ0) is 14.4. The zero-order valence-electron chi connectivity index (χ0n) is 11.0. The van der Waals surface area contributed by atoms with Gasteiger partial charge in [-0.3, -0.25) is 4.57 Å². The van der Waals surface area contributed by atoms with Gasteiger partial charge in [-0.05, 0) is 23.8 Å². The number of thioether (sulfide) groups is 1. The van der Waals surface area contributed by atoms with E-state index >= 15 is 0 Å². The summed E-state index contributed by atoms with van der Waals surface area (Å²) in [6, 6.07) is 6.49. The largest absolute Gasteiger partial charge is 0.295 e. The van der Waals surface area contributed by atoms with E-state index in [-0.39, 0.29) is 5.82 Å². The van der Waals surface area contributed by atoms with Crippen molar-refractivity contribution in [2.24, 2.45) is 0 Å². The standard InChI is InChI=1S/C16H15FN2S/c1-3-4-5-13(2)19-11-10-18-16(19)20-12-14-6-8-15(17)9-7-14/h3-11H,1-2,12H2/b5-4-. The molecule has 0 amide bonds. The lowest BCUT2D eigenvalue weighted by atomic mass is 10.2. The quantitative estimate of drug-likeness (QED) is 0.573. The van der Waals surface area contributed by atoms with E-state index in [1.165, 1.54) is 12.1 Å². The van der Waals surface area contributed by atoms with Gasteiger partial charge < -0.3 is 0 Å². The van der Waals surface area contributed by atoms with Gasteiger partial charge in [0.05, 0.1) is 0 Å². The second kappa shape index (κ2) is 6.91. The molecule has 102 valence electrons. The summed E-state index contributed by atoms with van der Waals surface area (Å²) >= 11 is 1.58. The fraction of sp³-hybridized carbons (Fsp3) is 0.0625. The maximum absolute atomic E-state index is 12.8. The highest BCUT2D eigenvalue weighted by molar-refractivity contribution is 7.98. The van der Waals surface area contributed by atoms with Gasteiger partial charge in [0.25, 0.3) is 0 Å². The molecule has 4 heteroatoms. The van der Waals surface area contributed by atoms with Crippen LogP contribution in [0.25, 0.3) is 5.70 Å². The summed E-state index contributed by atoms with van der Waals surface area (Å²) in [5.41, 5.74) is 1.88. The molecule has 0 radical (unpaired) electrons. The molecule has 1 heterocycles. The molecule has 0 aliphatic carbocycles. The van der Waals surface area contributed by atoms with Gasteiger partial charge in [-0.25, -0.2) is 9.37 Å². The van der Waals surface area contributed by atoms with Crippen LogP contribution >= 0.6 is 11.8 Å². The minimum Gasteiger partial charge on any atom is -0.295 e. The third-order valence-corrected chi connectivity index (χ3v) is 3.66. The molecule has 0 atom stereocenters. The van der Waals surface area contributed by atoms with Gasteiger partial charge in [-0.15, -0.1) is 0 Å². The van der Waals surface area contributed by atoms with Crippen LogP contribution in [0.1, 0.15) is 5.56 Å². The van der Waals surface area contributed by atoms with Gasteiger partial charge in [0.1, 0.15) is 5.82 Å². The summed E-state index contributed by atoms with van der Waals surface area (Å²) in [7, 11) is 0. The van der Waals surface area contributed by atoms with Gasteiger partial charge in [-0.2, -0.15) is 0 Å². The predicted molar refractivity (Wildman–Crippen MR) is 82.9 cm³/mol. The molecule has 0 aliphatic rings. The molecule has 0 unspecified atom stereocenters. The smallest absolute Gasteiger partial charge is 0.172 e. The molecule has 2 aromatic rings. The molecule has 20 heavy (non-hydrogen) atoms. The summed E-state index contributed by atoms with van der Waals surface area (Å²) in [6.45, 7) is 7.62. The van der Waals surface area contributed by atoms with Crippen molar-refractivity contribution in [3.8, 4) is 0 Å². The van der Waals surface area contributed by atoms with Gasteiger partial charge in [-0.1, -0.05) is 49.2 Å². The Hall–Kier alpha value is -2.07. The Bertz CT molecular complexity index is 626. The van der Waals surface area contributed by atoms with Crippen LogP contribution in [0, 0.1) is 5.82 Å². The summed E-state index contributed by atoms with van der Waals surface area (Å²) in [6.07, 6.45) is 9.00. The van der Waals surface area contributed by atoms with E-state index in [0.717, 1.165) is 22.2 Å². The van der Waals surface area contributed by atoms with Crippen LogP contribution in [-0.2, 0) is 5.75 Å². The first kappa shape index (κ1) is 14.3. The highest BCUT2D eigenvalue weighted by Gasteiger charge is 2.05. The van der Waals surface area contributed by atoms with Crippen molar-refractivity contribution in [3.05, 3.63) is 79.4 Å². The minimum atomic E-state index is -0.219. The molecule has 0 saturated carbocycles. The second-order valence-corrected chi connectivity index (χ2v) is 5.02. The van der Waals surface area contributed by atoms with E-state index in [4.69, 9.17) is 0 Å². The second-order valence-electron chi connectivity index (χ2n) is 4.08. The van der Waals surface area contributed by atoms with Gasteiger partial charge in [0, 0.05) is 23.8 Å². The molecule has 0 spiro atoms. The van der Waals surface area contributed by atoms with Crippen molar-refractivity contribution >= 4 is 17.5 Å². The Morgan fingerprint density at radius 3 is 2.80 bits per heavy atom. The lowest BCUT2D eigenvalue weighted by molar-refractivity contribution is 0.627. The van der Waals surface area contributed by atoms with Crippen LogP contribution in [0.5, 0.6) is 0 Å². The Morgan fingerprint density at radius 1 is 1.35 bits per heavy atom.